The standard InChI is InChI=1S/C15H17IN4O/c1-17-15(21)14-13(18-7-6-9-2-3-9)11-5-4-10(16)8-12(11)19-20-14/h4-5,8-9H,2-3,6-7H2,1H3,(H,17,21)(H,18,19). The molecule has 0 saturated heterocycles. The summed E-state index contributed by atoms with van der Waals surface area (Å²) in [6, 6.07) is 5.99. The van der Waals surface area contributed by atoms with Crippen molar-refractivity contribution in [3.8, 4) is 0 Å². The van der Waals surface area contributed by atoms with Crippen LogP contribution in [0.5, 0.6) is 0 Å². The second-order valence-electron chi connectivity index (χ2n) is 5.32. The molecule has 1 aromatic carbocycles. The van der Waals surface area contributed by atoms with E-state index in [-0.39, 0.29) is 5.91 Å². The molecular formula is C15H17IN4O. The molecule has 0 radical (unpaired) electrons. The summed E-state index contributed by atoms with van der Waals surface area (Å²) < 4.78 is 1.10. The number of hydrogen-bond donors (Lipinski definition) is 2. The fraction of sp³-hybridized carbons (Fsp3) is 0.400. The van der Waals surface area contributed by atoms with Crippen molar-refractivity contribution in [2.24, 2.45) is 5.92 Å². The van der Waals surface area contributed by atoms with Gasteiger partial charge in [0.15, 0.2) is 5.69 Å². The average molecular weight is 396 g/mol. The molecule has 3 rings (SSSR count). The number of aromatic nitrogens is 2. The Balaban J connectivity index is 1.98. The number of anilines is 1. The highest BCUT2D eigenvalue weighted by Crippen LogP contribution is 2.33. The van der Waals surface area contributed by atoms with E-state index in [9.17, 15) is 4.79 Å². The highest BCUT2D eigenvalue weighted by Gasteiger charge is 2.21. The SMILES string of the molecule is CNC(=O)c1nnc2cc(I)ccc2c1NCCC1CC1. The van der Waals surface area contributed by atoms with E-state index < -0.39 is 0 Å². The van der Waals surface area contributed by atoms with Gasteiger partial charge in [0.25, 0.3) is 5.91 Å². The molecule has 0 bridgehead atoms. The van der Waals surface area contributed by atoms with Crippen LogP contribution in [-0.4, -0.2) is 29.7 Å². The zero-order chi connectivity index (χ0) is 14.8. The first-order chi connectivity index (χ1) is 10.2. The lowest BCUT2D eigenvalue weighted by atomic mass is 10.1. The van der Waals surface area contributed by atoms with Crippen LogP contribution in [0.2, 0.25) is 0 Å². The van der Waals surface area contributed by atoms with E-state index in [1.165, 1.54) is 12.8 Å². The number of hydrogen-bond acceptors (Lipinski definition) is 4. The molecule has 6 heteroatoms. The topological polar surface area (TPSA) is 66.9 Å². The van der Waals surface area contributed by atoms with E-state index in [0.717, 1.165) is 39.0 Å². The quantitative estimate of drug-likeness (QED) is 0.763. The van der Waals surface area contributed by atoms with Gasteiger partial charge in [-0.1, -0.05) is 12.8 Å². The van der Waals surface area contributed by atoms with Crippen LogP contribution in [0.4, 0.5) is 5.69 Å². The number of halogens is 1. The first kappa shape index (κ1) is 14.5. The predicted molar refractivity (Wildman–Crippen MR) is 91.5 cm³/mol. The summed E-state index contributed by atoms with van der Waals surface area (Å²) in [7, 11) is 1.61. The van der Waals surface area contributed by atoms with E-state index >= 15 is 0 Å². The van der Waals surface area contributed by atoms with Gasteiger partial charge in [0, 0.05) is 22.5 Å². The zero-order valence-electron chi connectivity index (χ0n) is 11.8. The van der Waals surface area contributed by atoms with Gasteiger partial charge in [0.05, 0.1) is 11.2 Å². The number of fused-ring (bicyclic) bond motifs is 1. The van der Waals surface area contributed by atoms with Crippen molar-refractivity contribution in [2.45, 2.75) is 19.3 Å². The molecule has 0 unspecified atom stereocenters. The molecule has 0 spiro atoms. The first-order valence-electron chi connectivity index (χ1n) is 7.11. The molecule has 1 saturated carbocycles. The van der Waals surface area contributed by atoms with E-state index in [4.69, 9.17) is 0 Å². The van der Waals surface area contributed by atoms with E-state index in [2.05, 4.69) is 43.4 Å². The average Bonchev–Trinajstić information content (AvgIpc) is 3.30. The summed E-state index contributed by atoms with van der Waals surface area (Å²) in [5.41, 5.74) is 1.96. The molecule has 1 amide bonds. The van der Waals surface area contributed by atoms with Crippen molar-refractivity contribution >= 4 is 45.1 Å². The predicted octanol–water partition coefficient (Wildman–Crippen LogP) is 2.81. The molecule has 2 aromatic rings. The number of carbonyl (C=O) groups is 1. The van der Waals surface area contributed by atoms with Crippen LogP contribution in [-0.2, 0) is 0 Å². The van der Waals surface area contributed by atoms with Gasteiger partial charge in [-0.3, -0.25) is 4.79 Å². The van der Waals surface area contributed by atoms with Crippen molar-refractivity contribution in [2.75, 3.05) is 18.9 Å². The van der Waals surface area contributed by atoms with Gasteiger partial charge in [-0.05, 0) is 53.1 Å². The van der Waals surface area contributed by atoms with E-state index in [1.807, 2.05) is 18.2 Å². The van der Waals surface area contributed by atoms with Crippen molar-refractivity contribution in [1.29, 1.82) is 0 Å². The zero-order valence-corrected chi connectivity index (χ0v) is 14.0. The van der Waals surface area contributed by atoms with Crippen LogP contribution in [0.15, 0.2) is 18.2 Å². The molecule has 1 aliphatic rings. The maximum atomic E-state index is 12.0. The second-order valence-corrected chi connectivity index (χ2v) is 6.57. The van der Waals surface area contributed by atoms with Gasteiger partial charge in [0.1, 0.15) is 0 Å². The number of nitrogens with one attached hydrogen (secondary N) is 2. The molecular weight excluding hydrogens is 379 g/mol. The Bertz CT molecular complexity index is 685. The number of carbonyl (C=O) groups excluding carboxylic acids is 1. The number of rotatable bonds is 5. The smallest absolute Gasteiger partial charge is 0.273 e. The van der Waals surface area contributed by atoms with E-state index in [0.29, 0.717) is 5.69 Å². The highest BCUT2D eigenvalue weighted by atomic mass is 127. The normalized spacial score (nSPS) is 14.2. The molecule has 1 fully saturated rings. The number of amides is 1. The third-order valence-corrected chi connectivity index (χ3v) is 4.39. The summed E-state index contributed by atoms with van der Waals surface area (Å²) in [5, 5.41) is 15.2. The van der Waals surface area contributed by atoms with Crippen molar-refractivity contribution < 1.29 is 4.79 Å². The highest BCUT2D eigenvalue weighted by molar-refractivity contribution is 14.1. The van der Waals surface area contributed by atoms with Crippen LogP contribution < -0.4 is 10.6 Å². The summed E-state index contributed by atoms with van der Waals surface area (Å²) in [4.78, 5) is 12.0. The lowest BCUT2D eigenvalue weighted by molar-refractivity contribution is 0.0958. The summed E-state index contributed by atoms with van der Waals surface area (Å²) in [6.07, 6.45) is 3.80. The molecule has 110 valence electrons. The molecule has 21 heavy (non-hydrogen) atoms. The summed E-state index contributed by atoms with van der Waals surface area (Å²) in [6.45, 7) is 0.863. The van der Waals surface area contributed by atoms with Crippen LogP contribution in [0, 0.1) is 9.49 Å². The van der Waals surface area contributed by atoms with Crippen LogP contribution >= 0.6 is 22.6 Å². The molecule has 2 N–H and O–H groups in total. The first-order valence-corrected chi connectivity index (χ1v) is 8.19. The van der Waals surface area contributed by atoms with Gasteiger partial charge < -0.3 is 10.6 Å². The minimum atomic E-state index is -0.211. The Morgan fingerprint density at radius 1 is 1.38 bits per heavy atom. The molecule has 0 aliphatic heterocycles. The Morgan fingerprint density at radius 2 is 2.19 bits per heavy atom. The van der Waals surface area contributed by atoms with Gasteiger partial charge in [-0.2, -0.15) is 0 Å². The Hall–Kier alpha value is -1.44. The fourth-order valence-electron chi connectivity index (χ4n) is 2.34. The van der Waals surface area contributed by atoms with Gasteiger partial charge in [-0.15, -0.1) is 10.2 Å². The number of benzene rings is 1. The maximum Gasteiger partial charge on any atom is 0.273 e. The van der Waals surface area contributed by atoms with Crippen LogP contribution in [0.1, 0.15) is 29.8 Å². The molecule has 1 aromatic heterocycles. The lowest BCUT2D eigenvalue weighted by Crippen LogP contribution is -2.22. The maximum absolute atomic E-state index is 12.0. The molecule has 0 atom stereocenters. The van der Waals surface area contributed by atoms with Crippen molar-refractivity contribution in [3.05, 3.63) is 27.5 Å². The molecule has 1 heterocycles. The Kier molecular flexibility index (Phi) is 4.23. The minimum Gasteiger partial charge on any atom is -0.383 e. The lowest BCUT2D eigenvalue weighted by Gasteiger charge is -2.12. The van der Waals surface area contributed by atoms with Crippen LogP contribution in [0.3, 0.4) is 0 Å². The third kappa shape index (κ3) is 3.25. The van der Waals surface area contributed by atoms with Crippen LogP contribution in [0.25, 0.3) is 10.9 Å². The van der Waals surface area contributed by atoms with Gasteiger partial charge in [0.2, 0.25) is 0 Å². The third-order valence-electron chi connectivity index (χ3n) is 3.72. The second kappa shape index (κ2) is 6.13. The monoisotopic (exact) mass is 396 g/mol. The summed E-state index contributed by atoms with van der Waals surface area (Å²) in [5.74, 6) is 0.639. The number of nitrogens with zero attached hydrogens (tertiary/aromatic N) is 2. The van der Waals surface area contributed by atoms with E-state index in [1.54, 1.807) is 7.05 Å². The minimum absolute atomic E-state index is 0.211. The fourth-order valence-corrected chi connectivity index (χ4v) is 2.82. The molecule has 1 aliphatic carbocycles. The molecule has 5 nitrogen and oxygen atoms in total. The van der Waals surface area contributed by atoms with Crippen molar-refractivity contribution in [1.82, 2.24) is 15.5 Å². The Labute approximate surface area is 137 Å². The van der Waals surface area contributed by atoms with Gasteiger partial charge >= 0.3 is 0 Å². The van der Waals surface area contributed by atoms with Gasteiger partial charge in [-0.25, -0.2) is 0 Å². The van der Waals surface area contributed by atoms with Crippen molar-refractivity contribution in [3.63, 3.8) is 0 Å². The largest absolute Gasteiger partial charge is 0.383 e. The Morgan fingerprint density at radius 3 is 2.90 bits per heavy atom. The summed E-state index contributed by atoms with van der Waals surface area (Å²) >= 11 is 2.25.